The largest absolute Gasteiger partial charge is 0.489 e. The molecule has 1 heterocycles. The Morgan fingerprint density at radius 3 is 2.44 bits per heavy atom. The Morgan fingerprint density at radius 1 is 0.944 bits per heavy atom. The van der Waals surface area contributed by atoms with Gasteiger partial charge in [-0.1, -0.05) is 54.6 Å². The molecule has 6 nitrogen and oxygen atoms in total. The average molecular weight is 485 g/mol. The van der Waals surface area contributed by atoms with Crippen molar-refractivity contribution in [2.75, 3.05) is 13.2 Å². The zero-order valence-electron chi connectivity index (χ0n) is 19.8. The average Bonchev–Trinajstić information content (AvgIpc) is 2.91. The van der Waals surface area contributed by atoms with E-state index in [-0.39, 0.29) is 5.56 Å². The molecule has 0 aromatic heterocycles. The van der Waals surface area contributed by atoms with Gasteiger partial charge in [0, 0.05) is 31.6 Å². The summed E-state index contributed by atoms with van der Waals surface area (Å²) >= 11 is 0. The Kier molecular flexibility index (Phi) is 6.74. The second kappa shape index (κ2) is 10.1. The van der Waals surface area contributed by atoms with Crippen molar-refractivity contribution in [3.8, 4) is 16.9 Å². The van der Waals surface area contributed by atoms with Gasteiger partial charge in [-0.25, -0.2) is 4.79 Å². The number of aliphatic hydroxyl groups is 2. The summed E-state index contributed by atoms with van der Waals surface area (Å²) in [6.45, 7) is 0.995. The van der Waals surface area contributed by atoms with Gasteiger partial charge in [-0.2, -0.15) is 0 Å². The van der Waals surface area contributed by atoms with E-state index >= 15 is 0 Å². The number of aromatic carboxylic acids is 1. The Labute approximate surface area is 209 Å². The van der Waals surface area contributed by atoms with Gasteiger partial charge in [0.25, 0.3) is 0 Å². The van der Waals surface area contributed by atoms with Crippen molar-refractivity contribution < 1.29 is 29.6 Å². The number of ether oxygens (including phenoxy) is 2. The van der Waals surface area contributed by atoms with Gasteiger partial charge < -0.3 is 24.8 Å². The topological polar surface area (TPSA) is 96.2 Å². The van der Waals surface area contributed by atoms with Crippen LogP contribution in [0.4, 0.5) is 0 Å². The molecule has 0 spiro atoms. The van der Waals surface area contributed by atoms with Crippen molar-refractivity contribution >= 4 is 16.7 Å². The van der Waals surface area contributed by atoms with Crippen molar-refractivity contribution in [3.05, 3.63) is 101 Å². The summed E-state index contributed by atoms with van der Waals surface area (Å²) in [5.74, 6) is -0.452. The molecule has 4 aromatic carbocycles. The molecule has 0 aliphatic carbocycles. The Morgan fingerprint density at radius 2 is 1.72 bits per heavy atom. The summed E-state index contributed by atoms with van der Waals surface area (Å²) in [6.07, 6.45) is 1.13. The first-order valence-corrected chi connectivity index (χ1v) is 12.0. The molecule has 0 amide bonds. The molecule has 1 aliphatic rings. The third-order valence-electron chi connectivity index (χ3n) is 6.86. The molecule has 0 atom stereocenters. The summed E-state index contributed by atoms with van der Waals surface area (Å²) in [4.78, 5) is 11.9. The quantitative estimate of drug-likeness (QED) is 0.331. The minimum absolute atomic E-state index is 0.0837. The lowest BCUT2D eigenvalue weighted by Crippen LogP contribution is -2.33. The lowest BCUT2D eigenvalue weighted by atomic mass is 9.86. The number of hydrogen-bond donors (Lipinski definition) is 3. The lowest BCUT2D eigenvalue weighted by molar-refractivity contribution is -0.0679. The minimum Gasteiger partial charge on any atom is -0.489 e. The Hall–Kier alpha value is -3.71. The SMILES string of the molecule is O=C(O)c1cc2ccc(OCc3cccc(C4(O)CCOCC4)c3)cc2c(-c2ccccc2)c1CO. The molecule has 36 heavy (non-hydrogen) atoms. The maximum atomic E-state index is 11.9. The fourth-order valence-corrected chi connectivity index (χ4v) is 4.91. The highest BCUT2D eigenvalue weighted by atomic mass is 16.5. The van der Waals surface area contributed by atoms with E-state index in [1.807, 2.05) is 72.8 Å². The summed E-state index contributed by atoms with van der Waals surface area (Å²) in [6, 6.07) is 24.4. The van der Waals surface area contributed by atoms with Gasteiger partial charge in [-0.05, 0) is 57.3 Å². The van der Waals surface area contributed by atoms with Crippen molar-refractivity contribution in [1.29, 1.82) is 0 Å². The molecular weight excluding hydrogens is 456 g/mol. The molecule has 1 fully saturated rings. The molecule has 0 saturated carbocycles. The number of carbonyl (C=O) groups is 1. The van der Waals surface area contributed by atoms with E-state index in [4.69, 9.17) is 9.47 Å². The van der Waals surface area contributed by atoms with Crippen molar-refractivity contribution in [1.82, 2.24) is 0 Å². The number of carboxylic acid groups (broad SMARTS) is 1. The van der Waals surface area contributed by atoms with E-state index in [0.29, 0.717) is 49.5 Å². The third kappa shape index (κ3) is 4.71. The molecule has 0 bridgehead atoms. The molecule has 184 valence electrons. The van der Waals surface area contributed by atoms with Crippen LogP contribution in [0.2, 0.25) is 0 Å². The van der Waals surface area contributed by atoms with Crippen LogP contribution in [-0.2, 0) is 23.6 Å². The van der Waals surface area contributed by atoms with Gasteiger partial charge in [-0.3, -0.25) is 0 Å². The maximum absolute atomic E-state index is 11.9. The molecule has 1 saturated heterocycles. The Balaban J connectivity index is 1.49. The first-order chi connectivity index (χ1) is 17.5. The highest BCUT2D eigenvalue weighted by molar-refractivity contribution is 6.05. The predicted molar refractivity (Wildman–Crippen MR) is 137 cm³/mol. The summed E-state index contributed by atoms with van der Waals surface area (Å²) < 4.78 is 11.5. The molecule has 4 aromatic rings. The van der Waals surface area contributed by atoms with Crippen LogP contribution in [0, 0.1) is 0 Å². The minimum atomic E-state index is -1.08. The van der Waals surface area contributed by atoms with Gasteiger partial charge in [-0.15, -0.1) is 0 Å². The van der Waals surface area contributed by atoms with E-state index < -0.39 is 18.2 Å². The zero-order chi connectivity index (χ0) is 25.1. The number of aliphatic hydroxyl groups excluding tert-OH is 1. The van der Waals surface area contributed by atoms with Gasteiger partial charge in [0.2, 0.25) is 0 Å². The van der Waals surface area contributed by atoms with Crippen molar-refractivity contribution in [2.24, 2.45) is 0 Å². The fourth-order valence-electron chi connectivity index (χ4n) is 4.91. The first kappa shape index (κ1) is 24.0. The van der Waals surface area contributed by atoms with Gasteiger partial charge >= 0.3 is 5.97 Å². The zero-order valence-corrected chi connectivity index (χ0v) is 19.8. The van der Waals surface area contributed by atoms with Crippen LogP contribution >= 0.6 is 0 Å². The highest BCUT2D eigenvalue weighted by Crippen LogP contribution is 2.37. The predicted octanol–water partition coefficient (Wildman–Crippen LogP) is 5.27. The van der Waals surface area contributed by atoms with Crippen LogP contribution in [0.1, 0.15) is 39.9 Å². The third-order valence-corrected chi connectivity index (χ3v) is 6.86. The van der Waals surface area contributed by atoms with Gasteiger partial charge in [0.1, 0.15) is 12.4 Å². The first-order valence-electron chi connectivity index (χ1n) is 12.0. The van der Waals surface area contributed by atoms with Crippen LogP contribution in [0.5, 0.6) is 5.75 Å². The molecule has 5 rings (SSSR count). The second-order valence-electron chi connectivity index (χ2n) is 9.12. The van der Waals surface area contributed by atoms with E-state index in [9.17, 15) is 20.1 Å². The summed E-state index contributed by atoms with van der Waals surface area (Å²) in [5.41, 5.74) is 2.88. The van der Waals surface area contributed by atoms with Crippen LogP contribution in [0.15, 0.2) is 78.9 Å². The Bertz CT molecular complexity index is 1390. The monoisotopic (exact) mass is 484 g/mol. The molecule has 0 unspecified atom stereocenters. The van der Waals surface area contributed by atoms with Crippen LogP contribution in [0.25, 0.3) is 21.9 Å². The number of benzene rings is 4. The fraction of sp³-hybridized carbons (Fsp3) is 0.233. The lowest BCUT2D eigenvalue weighted by Gasteiger charge is -2.32. The molecule has 3 N–H and O–H groups in total. The van der Waals surface area contributed by atoms with Gasteiger partial charge in [0.05, 0.1) is 17.8 Å². The van der Waals surface area contributed by atoms with Crippen LogP contribution in [-0.4, -0.2) is 34.5 Å². The van der Waals surface area contributed by atoms with Crippen LogP contribution < -0.4 is 4.74 Å². The van der Waals surface area contributed by atoms with Gasteiger partial charge in [0.15, 0.2) is 0 Å². The molecule has 0 radical (unpaired) electrons. The number of carboxylic acids is 1. The maximum Gasteiger partial charge on any atom is 0.336 e. The number of rotatable bonds is 7. The summed E-state index contributed by atoms with van der Waals surface area (Å²) in [7, 11) is 0. The number of fused-ring (bicyclic) bond motifs is 1. The molecule has 6 heteroatoms. The number of hydrogen-bond acceptors (Lipinski definition) is 5. The smallest absolute Gasteiger partial charge is 0.336 e. The molecular formula is C30H28O6. The van der Waals surface area contributed by atoms with E-state index in [0.717, 1.165) is 27.5 Å². The molecule has 1 aliphatic heterocycles. The van der Waals surface area contributed by atoms with Crippen LogP contribution in [0.3, 0.4) is 0 Å². The van der Waals surface area contributed by atoms with E-state index in [1.165, 1.54) is 0 Å². The van der Waals surface area contributed by atoms with Crippen molar-refractivity contribution in [3.63, 3.8) is 0 Å². The second-order valence-corrected chi connectivity index (χ2v) is 9.12. The standard InChI is InChI=1S/C30H28O6/c31-18-27-26(29(32)33)16-22-9-10-24(17-25(22)28(27)21-6-2-1-3-7-21)36-19-20-5-4-8-23(15-20)30(34)11-13-35-14-12-30/h1-10,15-17,31,34H,11-14,18-19H2,(H,32,33). The highest BCUT2D eigenvalue weighted by Gasteiger charge is 2.31. The normalized spacial score (nSPS) is 15.1. The van der Waals surface area contributed by atoms with E-state index in [2.05, 4.69) is 0 Å². The van der Waals surface area contributed by atoms with Crippen molar-refractivity contribution in [2.45, 2.75) is 31.7 Å². The summed E-state index contributed by atoms with van der Waals surface area (Å²) in [5, 5.41) is 32.5. The van der Waals surface area contributed by atoms with E-state index in [1.54, 1.807) is 6.07 Å².